The molecule has 0 saturated heterocycles. The first-order valence-electron chi connectivity index (χ1n) is 7.42. The fraction of sp³-hybridized carbons (Fsp3) is 0.167. The summed E-state index contributed by atoms with van der Waals surface area (Å²) in [7, 11) is 0. The molecule has 2 aromatic heterocycles. The largest absolute Gasteiger partial charge is 0.484 e. The Labute approximate surface area is 143 Å². The molecule has 3 rings (SSSR count). The Hall–Kier alpha value is -2.57. The van der Waals surface area contributed by atoms with Crippen molar-refractivity contribution in [2.75, 3.05) is 13.2 Å². The summed E-state index contributed by atoms with van der Waals surface area (Å²) in [6.07, 6.45) is 1.49. The van der Waals surface area contributed by atoms with Crippen molar-refractivity contribution in [1.29, 1.82) is 0 Å². The van der Waals surface area contributed by atoms with Crippen molar-refractivity contribution in [1.82, 2.24) is 5.32 Å². The number of thiophene rings is 1. The number of benzene rings is 1. The highest BCUT2D eigenvalue weighted by Gasteiger charge is 2.35. The van der Waals surface area contributed by atoms with Crippen LogP contribution < -0.4 is 10.1 Å². The SMILES string of the molecule is O=C(COc1ccccc1)NCC(O)(c1ccsc1)c1ccco1. The van der Waals surface area contributed by atoms with Gasteiger partial charge in [-0.25, -0.2) is 0 Å². The fourth-order valence-electron chi connectivity index (χ4n) is 2.29. The summed E-state index contributed by atoms with van der Waals surface area (Å²) in [6, 6.07) is 14.3. The van der Waals surface area contributed by atoms with Crippen LogP contribution in [0, 0.1) is 0 Å². The summed E-state index contributed by atoms with van der Waals surface area (Å²) < 4.78 is 10.8. The molecule has 3 aromatic rings. The van der Waals surface area contributed by atoms with Gasteiger partial charge in [0, 0.05) is 5.56 Å². The van der Waals surface area contributed by atoms with Gasteiger partial charge in [-0.2, -0.15) is 11.3 Å². The Morgan fingerprint density at radius 1 is 1.21 bits per heavy atom. The van der Waals surface area contributed by atoms with Crippen LogP contribution in [0.4, 0.5) is 0 Å². The van der Waals surface area contributed by atoms with Gasteiger partial charge in [0.25, 0.3) is 5.91 Å². The maximum atomic E-state index is 12.0. The molecular formula is C18H17NO4S. The number of aliphatic hydroxyl groups is 1. The number of carbonyl (C=O) groups excluding carboxylic acids is 1. The summed E-state index contributed by atoms with van der Waals surface area (Å²) in [5.41, 5.74) is -0.738. The van der Waals surface area contributed by atoms with E-state index in [0.29, 0.717) is 17.1 Å². The standard InChI is InChI=1S/C18H17NO4S/c20-17(11-23-15-5-2-1-3-6-15)19-13-18(21,14-8-10-24-12-14)16-7-4-9-22-16/h1-10,12,21H,11,13H2,(H,19,20). The molecule has 124 valence electrons. The molecule has 24 heavy (non-hydrogen) atoms. The second kappa shape index (κ2) is 7.33. The lowest BCUT2D eigenvalue weighted by Crippen LogP contribution is -2.42. The summed E-state index contributed by atoms with van der Waals surface area (Å²) >= 11 is 1.47. The van der Waals surface area contributed by atoms with E-state index >= 15 is 0 Å². The quantitative estimate of drug-likeness (QED) is 0.692. The van der Waals surface area contributed by atoms with Crippen LogP contribution in [0.5, 0.6) is 5.75 Å². The topological polar surface area (TPSA) is 71.7 Å². The van der Waals surface area contributed by atoms with Gasteiger partial charge in [0.1, 0.15) is 11.5 Å². The van der Waals surface area contributed by atoms with Crippen LogP contribution in [-0.4, -0.2) is 24.2 Å². The molecule has 0 aliphatic carbocycles. The number of furan rings is 1. The van der Waals surface area contributed by atoms with Crippen LogP contribution in [0.3, 0.4) is 0 Å². The predicted molar refractivity (Wildman–Crippen MR) is 91.0 cm³/mol. The summed E-state index contributed by atoms with van der Waals surface area (Å²) in [6.45, 7) is -0.129. The number of ether oxygens (including phenoxy) is 1. The van der Waals surface area contributed by atoms with Crippen molar-refractivity contribution in [3.63, 3.8) is 0 Å². The third-order valence-electron chi connectivity index (χ3n) is 3.58. The van der Waals surface area contributed by atoms with Crippen LogP contribution in [0.25, 0.3) is 0 Å². The minimum absolute atomic E-state index is 0.00572. The van der Waals surface area contributed by atoms with Gasteiger partial charge in [-0.15, -0.1) is 0 Å². The number of rotatable bonds is 7. The first kappa shape index (κ1) is 16.3. The van der Waals surface area contributed by atoms with E-state index in [4.69, 9.17) is 9.15 Å². The highest BCUT2D eigenvalue weighted by Crippen LogP contribution is 2.30. The smallest absolute Gasteiger partial charge is 0.258 e. The number of carbonyl (C=O) groups is 1. The average Bonchev–Trinajstić information content (AvgIpc) is 3.32. The van der Waals surface area contributed by atoms with Crippen molar-refractivity contribution in [2.24, 2.45) is 0 Å². The molecule has 0 bridgehead atoms. The summed E-state index contributed by atoms with van der Waals surface area (Å²) in [5, 5.41) is 17.4. The van der Waals surface area contributed by atoms with Crippen LogP contribution in [0.2, 0.25) is 0 Å². The van der Waals surface area contributed by atoms with Crippen molar-refractivity contribution in [2.45, 2.75) is 5.60 Å². The maximum absolute atomic E-state index is 12.0. The van der Waals surface area contributed by atoms with Gasteiger partial charge < -0.3 is 19.6 Å². The van der Waals surface area contributed by atoms with Crippen molar-refractivity contribution in [3.05, 3.63) is 76.9 Å². The Bertz CT molecular complexity index is 719. The van der Waals surface area contributed by atoms with Crippen molar-refractivity contribution < 1.29 is 19.1 Å². The predicted octanol–water partition coefficient (Wildman–Crippen LogP) is 2.77. The molecular weight excluding hydrogens is 326 g/mol. The van der Waals surface area contributed by atoms with Gasteiger partial charge in [-0.05, 0) is 41.1 Å². The van der Waals surface area contributed by atoms with Crippen molar-refractivity contribution in [3.8, 4) is 5.75 Å². The number of amides is 1. The lowest BCUT2D eigenvalue weighted by Gasteiger charge is -2.25. The first-order valence-corrected chi connectivity index (χ1v) is 8.36. The van der Waals surface area contributed by atoms with E-state index < -0.39 is 5.60 Å². The number of nitrogens with one attached hydrogen (secondary N) is 1. The zero-order chi connectivity index (χ0) is 16.8. The van der Waals surface area contributed by atoms with Gasteiger partial charge in [-0.3, -0.25) is 4.79 Å². The highest BCUT2D eigenvalue weighted by atomic mass is 32.1. The van der Waals surface area contributed by atoms with Gasteiger partial charge in [0.2, 0.25) is 0 Å². The second-order valence-corrected chi connectivity index (χ2v) is 6.01. The molecule has 1 unspecified atom stereocenters. The van der Waals surface area contributed by atoms with E-state index in [1.807, 2.05) is 29.0 Å². The minimum atomic E-state index is -1.41. The molecule has 0 aliphatic rings. The zero-order valence-corrected chi connectivity index (χ0v) is 13.7. The molecule has 2 N–H and O–H groups in total. The molecule has 0 saturated carbocycles. The van der Waals surface area contributed by atoms with Crippen LogP contribution >= 0.6 is 11.3 Å². The highest BCUT2D eigenvalue weighted by molar-refractivity contribution is 7.08. The van der Waals surface area contributed by atoms with Crippen molar-refractivity contribution >= 4 is 17.2 Å². The molecule has 0 fully saturated rings. The Morgan fingerprint density at radius 2 is 2.04 bits per heavy atom. The third-order valence-corrected chi connectivity index (χ3v) is 4.27. The average molecular weight is 343 g/mol. The first-order chi connectivity index (χ1) is 11.7. The molecule has 2 heterocycles. The Kier molecular flexibility index (Phi) is 4.98. The molecule has 0 spiro atoms. The Balaban J connectivity index is 1.63. The molecule has 5 nitrogen and oxygen atoms in total. The molecule has 6 heteroatoms. The lowest BCUT2D eigenvalue weighted by molar-refractivity contribution is -0.124. The van der Waals surface area contributed by atoms with Crippen LogP contribution in [0.1, 0.15) is 11.3 Å². The maximum Gasteiger partial charge on any atom is 0.258 e. The van der Waals surface area contributed by atoms with E-state index in [-0.39, 0.29) is 19.1 Å². The van der Waals surface area contributed by atoms with E-state index in [1.54, 1.807) is 30.3 Å². The summed E-state index contributed by atoms with van der Waals surface area (Å²) in [4.78, 5) is 12.0. The Morgan fingerprint density at radius 3 is 2.71 bits per heavy atom. The minimum Gasteiger partial charge on any atom is -0.484 e. The molecule has 1 atom stereocenters. The summed E-state index contributed by atoms with van der Waals surface area (Å²) in [5.74, 6) is 0.677. The van der Waals surface area contributed by atoms with E-state index in [0.717, 1.165) is 0 Å². The third kappa shape index (κ3) is 3.67. The fourth-order valence-corrected chi connectivity index (χ4v) is 3.01. The number of para-hydroxylation sites is 1. The van der Waals surface area contributed by atoms with Crippen LogP contribution in [-0.2, 0) is 10.4 Å². The molecule has 1 amide bonds. The van der Waals surface area contributed by atoms with Crippen LogP contribution in [0.15, 0.2) is 70.0 Å². The van der Waals surface area contributed by atoms with Gasteiger partial charge in [0.05, 0.1) is 12.8 Å². The monoisotopic (exact) mass is 343 g/mol. The molecule has 1 aromatic carbocycles. The second-order valence-electron chi connectivity index (χ2n) is 5.23. The van der Waals surface area contributed by atoms with E-state index in [2.05, 4.69) is 5.32 Å². The van der Waals surface area contributed by atoms with E-state index in [1.165, 1.54) is 17.6 Å². The zero-order valence-electron chi connectivity index (χ0n) is 12.8. The lowest BCUT2D eigenvalue weighted by atomic mass is 9.93. The number of hydrogen-bond donors (Lipinski definition) is 2. The molecule has 0 radical (unpaired) electrons. The normalized spacial score (nSPS) is 13.2. The van der Waals surface area contributed by atoms with E-state index in [9.17, 15) is 9.90 Å². The van der Waals surface area contributed by atoms with Gasteiger partial charge >= 0.3 is 0 Å². The van der Waals surface area contributed by atoms with Gasteiger partial charge in [-0.1, -0.05) is 18.2 Å². The van der Waals surface area contributed by atoms with Gasteiger partial charge in [0.15, 0.2) is 12.2 Å². The number of hydrogen-bond acceptors (Lipinski definition) is 5. The molecule has 0 aliphatic heterocycles.